The van der Waals surface area contributed by atoms with Crippen molar-refractivity contribution in [2.45, 2.75) is 49.8 Å². The summed E-state index contributed by atoms with van der Waals surface area (Å²) in [7, 11) is -0.539. The van der Waals surface area contributed by atoms with Gasteiger partial charge in [-0.25, -0.2) is 0 Å². The van der Waals surface area contributed by atoms with Crippen molar-refractivity contribution >= 4 is 21.7 Å². The van der Waals surface area contributed by atoms with Crippen molar-refractivity contribution in [3.8, 4) is 22.3 Å². The number of aryl methyl sites for hydroxylation is 2. The molecule has 0 spiro atoms. The van der Waals surface area contributed by atoms with Gasteiger partial charge in [0.1, 0.15) is 0 Å². The SMILES string of the molecule is Cc1cccc(-c2cccc3c2C=C2[SiH2]C4=Cc5c(-c6cccc(C)c6)cccc5[CH]4[Hf]([CH3])([CH3])[CH2]CCC23)c1. The number of fused-ring (bicyclic) bond motifs is 6. The van der Waals surface area contributed by atoms with Crippen molar-refractivity contribution in [3.05, 3.63) is 129 Å². The molecule has 194 valence electrons. The van der Waals surface area contributed by atoms with Crippen molar-refractivity contribution in [2.24, 2.45) is 0 Å². The Bertz CT molecular complexity index is 1670. The van der Waals surface area contributed by atoms with Crippen molar-refractivity contribution in [1.29, 1.82) is 0 Å². The predicted molar refractivity (Wildman–Crippen MR) is 169 cm³/mol. The van der Waals surface area contributed by atoms with Gasteiger partial charge in [-0.3, -0.25) is 0 Å². The molecule has 4 aromatic rings. The van der Waals surface area contributed by atoms with Crippen LogP contribution in [0.1, 0.15) is 55.8 Å². The summed E-state index contributed by atoms with van der Waals surface area (Å²) in [5.74, 6) is 0.625. The minimum absolute atomic E-state index is 0.539. The molecule has 0 bridgehead atoms. The molecule has 1 saturated heterocycles. The molecule has 2 atom stereocenters. The zero-order valence-corrected chi connectivity index (χ0v) is 28.7. The maximum atomic E-state index is 2.76. The fraction of sp³-hybridized carbons (Fsp3) is 0.243. The van der Waals surface area contributed by atoms with E-state index in [9.17, 15) is 0 Å². The van der Waals surface area contributed by atoms with Gasteiger partial charge in [0.05, 0.1) is 0 Å². The molecule has 2 unspecified atom stereocenters. The summed E-state index contributed by atoms with van der Waals surface area (Å²) in [5, 5.41) is 3.64. The topological polar surface area (TPSA) is 0 Å². The Morgan fingerprint density at radius 2 is 1.23 bits per heavy atom. The summed E-state index contributed by atoms with van der Waals surface area (Å²) in [6, 6.07) is 32.5. The molecule has 4 aromatic carbocycles. The van der Waals surface area contributed by atoms with Gasteiger partial charge >= 0.3 is 242 Å². The molecule has 2 aliphatic carbocycles. The first-order valence-corrected chi connectivity index (χ1v) is 27.9. The molecule has 39 heavy (non-hydrogen) atoms. The van der Waals surface area contributed by atoms with Crippen LogP contribution >= 0.6 is 0 Å². The molecular formula is C37H38HfSi. The predicted octanol–water partition coefficient (Wildman–Crippen LogP) is 9.80. The molecule has 1 fully saturated rings. The summed E-state index contributed by atoms with van der Waals surface area (Å²) in [6.45, 7) is 4.42. The molecule has 0 nitrogen and oxygen atoms in total. The fourth-order valence-corrected chi connectivity index (χ4v) is 28.5. The van der Waals surface area contributed by atoms with Gasteiger partial charge in [0.15, 0.2) is 0 Å². The van der Waals surface area contributed by atoms with E-state index in [1.165, 1.54) is 61.5 Å². The third-order valence-corrected chi connectivity index (χ3v) is 27.2. The van der Waals surface area contributed by atoms with Crippen LogP contribution < -0.4 is 0 Å². The molecular weight excluding hydrogens is 651 g/mol. The number of hydrogen-bond donors (Lipinski definition) is 0. The van der Waals surface area contributed by atoms with E-state index in [0.29, 0.717) is 5.92 Å². The van der Waals surface area contributed by atoms with Crippen molar-refractivity contribution in [2.75, 3.05) is 0 Å². The van der Waals surface area contributed by atoms with Crippen molar-refractivity contribution < 1.29 is 20.0 Å². The third kappa shape index (κ3) is 4.45. The Kier molecular flexibility index (Phi) is 6.40. The zero-order chi connectivity index (χ0) is 26.7. The van der Waals surface area contributed by atoms with E-state index in [4.69, 9.17) is 0 Å². The van der Waals surface area contributed by atoms with E-state index < -0.39 is 29.5 Å². The van der Waals surface area contributed by atoms with E-state index >= 15 is 0 Å². The average molecular weight is 689 g/mol. The Morgan fingerprint density at radius 1 is 0.667 bits per heavy atom. The fourth-order valence-electron chi connectivity index (χ4n) is 7.86. The Balaban J connectivity index is 1.35. The van der Waals surface area contributed by atoms with Gasteiger partial charge in [0, 0.05) is 0 Å². The maximum absolute atomic E-state index is 2.76. The van der Waals surface area contributed by atoms with Crippen LogP contribution in [0, 0.1) is 13.8 Å². The summed E-state index contributed by atoms with van der Waals surface area (Å²) >= 11 is -2.55. The third-order valence-electron chi connectivity index (χ3n) is 9.61. The van der Waals surface area contributed by atoms with E-state index in [2.05, 4.69) is 120 Å². The molecule has 0 saturated carbocycles. The first kappa shape index (κ1) is 25.4. The molecule has 0 N–H and O–H groups in total. The Hall–Kier alpha value is -2.55. The minimum atomic E-state index is -2.55. The van der Waals surface area contributed by atoms with Gasteiger partial charge in [-0.05, 0) is 0 Å². The zero-order valence-electron chi connectivity index (χ0n) is 23.7. The van der Waals surface area contributed by atoms with Crippen molar-refractivity contribution in [3.63, 3.8) is 0 Å². The monoisotopic (exact) mass is 690 g/mol. The van der Waals surface area contributed by atoms with Crippen LogP contribution in [-0.4, -0.2) is 9.52 Å². The van der Waals surface area contributed by atoms with Crippen LogP contribution in [-0.2, 0) is 20.0 Å². The summed E-state index contributed by atoms with van der Waals surface area (Å²) in [6.07, 6.45) is 8.07. The summed E-state index contributed by atoms with van der Waals surface area (Å²) < 4.78 is 7.76. The quantitative estimate of drug-likeness (QED) is 0.184. The first-order valence-electron chi connectivity index (χ1n) is 14.7. The molecule has 0 amide bonds. The van der Waals surface area contributed by atoms with E-state index in [1.807, 2.05) is 5.20 Å². The Morgan fingerprint density at radius 3 is 1.87 bits per heavy atom. The van der Waals surface area contributed by atoms with Crippen molar-refractivity contribution in [1.82, 2.24) is 0 Å². The van der Waals surface area contributed by atoms with Crippen LogP contribution in [0.25, 0.3) is 34.4 Å². The van der Waals surface area contributed by atoms with Gasteiger partial charge in [-0.1, -0.05) is 0 Å². The van der Waals surface area contributed by atoms with Crippen LogP contribution in [0.15, 0.2) is 95.3 Å². The van der Waals surface area contributed by atoms with E-state index in [0.717, 1.165) is 3.67 Å². The molecule has 0 radical (unpaired) electrons. The summed E-state index contributed by atoms with van der Waals surface area (Å²) in [5.41, 5.74) is 14.6. The molecule has 3 aliphatic rings. The van der Waals surface area contributed by atoms with Crippen LogP contribution in [0.3, 0.4) is 0 Å². The van der Waals surface area contributed by atoms with Crippen LogP contribution in [0.2, 0.25) is 13.5 Å². The van der Waals surface area contributed by atoms with Gasteiger partial charge in [-0.2, -0.15) is 0 Å². The number of benzene rings is 4. The van der Waals surface area contributed by atoms with Gasteiger partial charge in [0.25, 0.3) is 0 Å². The van der Waals surface area contributed by atoms with Gasteiger partial charge in [-0.15, -0.1) is 0 Å². The second-order valence-corrected chi connectivity index (χ2v) is 33.0. The molecule has 1 heterocycles. The van der Waals surface area contributed by atoms with E-state index in [1.54, 1.807) is 16.3 Å². The molecule has 2 heteroatoms. The molecule has 1 aliphatic heterocycles. The number of allylic oxidation sites excluding steroid dienone is 2. The van der Waals surface area contributed by atoms with E-state index in [-0.39, 0.29) is 0 Å². The normalized spacial score (nSPS) is 21.5. The molecule has 7 rings (SSSR count). The second-order valence-electron chi connectivity index (χ2n) is 12.8. The first-order chi connectivity index (χ1) is 18.9. The standard InChI is InChI=1S/C35H32Si.2CH3.Hf/c1-4-9-32-31-17-8-16-30(26-13-6-11-24(3)19-26)34(31)22-35(32)36-28-20-27-14-7-15-29(33(27)21-28)25-12-5-10-23(2)18-25;;;/h5-8,10-22,32H,1,4,9,36H2,2-3H3;2*1H3;. The Labute approximate surface area is 241 Å². The molecule has 0 aromatic heterocycles. The second kappa shape index (κ2) is 9.82. The number of rotatable bonds is 2. The van der Waals surface area contributed by atoms with Gasteiger partial charge < -0.3 is 0 Å². The summed E-state index contributed by atoms with van der Waals surface area (Å²) in [4.78, 5) is 0. The van der Waals surface area contributed by atoms with Crippen LogP contribution in [0.5, 0.6) is 0 Å². The number of hydrogen-bond acceptors (Lipinski definition) is 0. The average Bonchev–Trinajstić information content (AvgIpc) is 3.47. The van der Waals surface area contributed by atoms with Crippen LogP contribution in [0.4, 0.5) is 0 Å². The van der Waals surface area contributed by atoms with Gasteiger partial charge in [0.2, 0.25) is 0 Å².